The van der Waals surface area contributed by atoms with E-state index in [2.05, 4.69) is 19.2 Å². The summed E-state index contributed by atoms with van der Waals surface area (Å²) < 4.78 is 2.02. The lowest BCUT2D eigenvalue weighted by molar-refractivity contribution is 0.0746. The zero-order valence-electron chi connectivity index (χ0n) is 16.5. The highest BCUT2D eigenvalue weighted by Crippen LogP contribution is 2.33. The molecule has 2 amide bonds. The molecule has 1 fully saturated rings. The van der Waals surface area contributed by atoms with Crippen LogP contribution in [0, 0.1) is 0 Å². The molecule has 0 radical (unpaired) electrons. The fourth-order valence-electron chi connectivity index (χ4n) is 4.23. The van der Waals surface area contributed by atoms with Crippen LogP contribution in [0.4, 0.5) is 0 Å². The second kappa shape index (κ2) is 8.03. The van der Waals surface area contributed by atoms with Gasteiger partial charge in [-0.2, -0.15) is 0 Å². The largest absolute Gasteiger partial charge is 0.344 e. The molecule has 5 nitrogen and oxygen atoms in total. The maximum atomic E-state index is 13.1. The molecule has 0 spiro atoms. The molecular weight excluding hydrogens is 370 g/mol. The topological polar surface area (TPSA) is 54.3 Å². The summed E-state index contributed by atoms with van der Waals surface area (Å²) >= 11 is 1.75. The van der Waals surface area contributed by atoms with Crippen LogP contribution in [-0.4, -0.2) is 33.9 Å². The number of likely N-dealkylation sites (tertiary alicyclic amines) is 1. The zero-order chi connectivity index (χ0) is 19.7. The van der Waals surface area contributed by atoms with Crippen molar-refractivity contribution in [2.45, 2.75) is 56.8 Å². The maximum Gasteiger partial charge on any atom is 0.268 e. The first-order valence-corrected chi connectivity index (χ1v) is 11.2. The number of fused-ring (bicyclic) bond motifs is 1. The number of thioether (sulfide) groups is 1. The lowest BCUT2D eigenvalue weighted by Gasteiger charge is -2.21. The van der Waals surface area contributed by atoms with Crippen molar-refractivity contribution in [3.8, 4) is 0 Å². The highest BCUT2D eigenvalue weighted by Gasteiger charge is 2.33. The highest BCUT2D eigenvalue weighted by atomic mass is 32.2. The molecule has 4 rings (SSSR count). The summed E-state index contributed by atoms with van der Waals surface area (Å²) in [5, 5.41) is 3.17. The Morgan fingerprint density at radius 2 is 2.07 bits per heavy atom. The molecule has 1 saturated heterocycles. The van der Waals surface area contributed by atoms with Crippen molar-refractivity contribution in [3.63, 3.8) is 0 Å². The Labute approximate surface area is 170 Å². The lowest BCUT2D eigenvalue weighted by atomic mass is 10.0. The van der Waals surface area contributed by atoms with Gasteiger partial charge < -0.3 is 14.8 Å². The van der Waals surface area contributed by atoms with Crippen LogP contribution in [0.3, 0.4) is 0 Å². The fourth-order valence-corrected chi connectivity index (χ4v) is 5.30. The molecule has 1 aromatic carbocycles. The molecule has 2 aromatic rings. The average Bonchev–Trinajstić information content (AvgIpc) is 3.42. The normalized spacial score (nSPS) is 19.5. The van der Waals surface area contributed by atoms with Crippen molar-refractivity contribution in [3.05, 3.63) is 58.9 Å². The monoisotopic (exact) mass is 397 g/mol. The Bertz CT molecular complexity index is 877. The van der Waals surface area contributed by atoms with E-state index < -0.39 is 0 Å². The van der Waals surface area contributed by atoms with Gasteiger partial charge in [0.1, 0.15) is 5.69 Å². The van der Waals surface area contributed by atoms with E-state index in [4.69, 9.17) is 0 Å². The lowest BCUT2D eigenvalue weighted by Crippen LogP contribution is -2.33. The number of benzene rings is 1. The van der Waals surface area contributed by atoms with Crippen molar-refractivity contribution in [1.82, 2.24) is 14.8 Å². The minimum atomic E-state index is -0.104. The number of nitrogens with one attached hydrogen (secondary N) is 1. The van der Waals surface area contributed by atoms with Gasteiger partial charge in [-0.15, -0.1) is 11.8 Å². The second-order valence-electron chi connectivity index (χ2n) is 7.63. The van der Waals surface area contributed by atoms with Gasteiger partial charge in [0.2, 0.25) is 0 Å². The van der Waals surface area contributed by atoms with Crippen LogP contribution in [0.25, 0.3) is 0 Å². The molecule has 2 atom stereocenters. The molecule has 3 heterocycles. The van der Waals surface area contributed by atoms with E-state index in [1.54, 1.807) is 11.8 Å². The third-order valence-electron chi connectivity index (χ3n) is 5.86. The zero-order valence-corrected chi connectivity index (χ0v) is 17.3. The van der Waals surface area contributed by atoms with E-state index in [-0.39, 0.29) is 23.9 Å². The standard InChI is InChI=1S/C22H27N3O2S/c1-3-18(16-9-5-4-6-10-16)23-21(26)19-12-17(20-13-28-14-25(19)20)22(27)24-11-7-8-15(24)2/h4-6,9-10,12,15,18H,3,7-8,11,13-14H2,1-2H3,(H,23,26). The molecule has 2 aliphatic heterocycles. The Kier molecular flexibility index (Phi) is 5.49. The van der Waals surface area contributed by atoms with Gasteiger partial charge >= 0.3 is 0 Å². The first kappa shape index (κ1) is 19.1. The summed E-state index contributed by atoms with van der Waals surface area (Å²) in [7, 11) is 0. The summed E-state index contributed by atoms with van der Waals surface area (Å²) in [5.41, 5.74) is 3.40. The van der Waals surface area contributed by atoms with Gasteiger partial charge in [-0.1, -0.05) is 37.3 Å². The smallest absolute Gasteiger partial charge is 0.268 e. The Morgan fingerprint density at radius 3 is 2.75 bits per heavy atom. The summed E-state index contributed by atoms with van der Waals surface area (Å²) in [6.45, 7) is 4.99. The number of hydrogen-bond donors (Lipinski definition) is 1. The molecule has 1 N–H and O–H groups in total. The van der Waals surface area contributed by atoms with E-state index in [0.717, 1.165) is 48.7 Å². The maximum absolute atomic E-state index is 13.1. The Hall–Kier alpha value is -2.21. The number of rotatable bonds is 5. The SMILES string of the molecule is CCC(NC(=O)c1cc(C(=O)N2CCCC2C)c2n1CSC2)c1ccccc1. The Balaban J connectivity index is 1.60. The van der Waals surface area contributed by atoms with E-state index in [1.807, 2.05) is 45.9 Å². The number of aromatic nitrogens is 1. The van der Waals surface area contributed by atoms with E-state index >= 15 is 0 Å². The summed E-state index contributed by atoms with van der Waals surface area (Å²) in [6, 6.07) is 12.1. The summed E-state index contributed by atoms with van der Waals surface area (Å²) in [4.78, 5) is 28.2. The number of nitrogens with zero attached hydrogens (tertiary/aromatic N) is 2. The predicted octanol–water partition coefficient (Wildman–Crippen LogP) is 4.20. The molecule has 1 aromatic heterocycles. The van der Waals surface area contributed by atoms with Crippen molar-refractivity contribution in [2.75, 3.05) is 6.54 Å². The highest BCUT2D eigenvalue weighted by molar-refractivity contribution is 7.97. The number of amides is 2. The quantitative estimate of drug-likeness (QED) is 0.823. The Morgan fingerprint density at radius 1 is 1.29 bits per heavy atom. The van der Waals surface area contributed by atoms with Gasteiger partial charge in [-0.25, -0.2) is 0 Å². The van der Waals surface area contributed by atoms with Gasteiger partial charge in [-0.05, 0) is 37.8 Å². The van der Waals surface area contributed by atoms with Crippen molar-refractivity contribution in [1.29, 1.82) is 0 Å². The van der Waals surface area contributed by atoms with Gasteiger partial charge in [0, 0.05) is 24.0 Å². The van der Waals surface area contributed by atoms with Crippen LogP contribution in [-0.2, 0) is 11.6 Å². The molecule has 0 saturated carbocycles. The van der Waals surface area contributed by atoms with Crippen LogP contribution in [0.15, 0.2) is 36.4 Å². The van der Waals surface area contributed by atoms with E-state index in [1.165, 1.54) is 0 Å². The fraction of sp³-hybridized carbons (Fsp3) is 0.455. The number of carbonyl (C=O) groups excluding carboxylic acids is 2. The van der Waals surface area contributed by atoms with Crippen LogP contribution < -0.4 is 5.32 Å². The third kappa shape index (κ3) is 3.46. The first-order chi connectivity index (χ1) is 13.6. The number of carbonyl (C=O) groups is 2. The molecule has 148 valence electrons. The minimum absolute atomic E-state index is 0.0355. The second-order valence-corrected chi connectivity index (χ2v) is 8.59. The number of hydrogen-bond acceptors (Lipinski definition) is 3. The molecular formula is C22H27N3O2S. The molecule has 0 bridgehead atoms. The van der Waals surface area contributed by atoms with Gasteiger partial charge in [0.15, 0.2) is 0 Å². The van der Waals surface area contributed by atoms with Gasteiger partial charge in [0.05, 0.1) is 17.5 Å². The third-order valence-corrected chi connectivity index (χ3v) is 6.78. The molecule has 6 heteroatoms. The van der Waals surface area contributed by atoms with Crippen LogP contribution in [0.2, 0.25) is 0 Å². The van der Waals surface area contributed by atoms with Gasteiger partial charge in [-0.3, -0.25) is 9.59 Å². The molecule has 2 unspecified atom stereocenters. The predicted molar refractivity (Wildman–Crippen MR) is 112 cm³/mol. The van der Waals surface area contributed by atoms with Gasteiger partial charge in [0.25, 0.3) is 11.8 Å². The van der Waals surface area contributed by atoms with E-state index in [0.29, 0.717) is 11.3 Å². The summed E-state index contributed by atoms with van der Waals surface area (Å²) in [5.74, 6) is 1.48. The van der Waals surface area contributed by atoms with Crippen LogP contribution in [0.5, 0.6) is 0 Å². The van der Waals surface area contributed by atoms with E-state index in [9.17, 15) is 9.59 Å². The van der Waals surface area contributed by atoms with Crippen molar-refractivity contribution < 1.29 is 9.59 Å². The summed E-state index contributed by atoms with van der Waals surface area (Å²) in [6.07, 6.45) is 2.93. The molecule has 2 aliphatic rings. The molecule has 0 aliphatic carbocycles. The minimum Gasteiger partial charge on any atom is -0.344 e. The van der Waals surface area contributed by atoms with Crippen molar-refractivity contribution >= 4 is 23.6 Å². The van der Waals surface area contributed by atoms with Crippen LogP contribution >= 0.6 is 11.8 Å². The average molecular weight is 398 g/mol. The van der Waals surface area contributed by atoms with Crippen LogP contribution in [0.1, 0.15) is 71.3 Å². The molecule has 28 heavy (non-hydrogen) atoms. The van der Waals surface area contributed by atoms with Crippen molar-refractivity contribution in [2.24, 2.45) is 0 Å². The first-order valence-electron chi connectivity index (χ1n) is 10.1.